The molecule has 0 unspecified atom stereocenters. The summed E-state index contributed by atoms with van der Waals surface area (Å²) in [6.07, 6.45) is 3.44. The van der Waals surface area contributed by atoms with E-state index in [-0.39, 0.29) is 12.4 Å². The van der Waals surface area contributed by atoms with Crippen LogP contribution in [0, 0.1) is 5.82 Å². The molecule has 1 amide bonds. The average molecular weight is 437 g/mol. The Morgan fingerprint density at radius 2 is 2.10 bits per heavy atom. The SMILES string of the molecule is O=C1Oc2cc(Oc3ccccn3)ccc2CN1Cc1cccc(NSC2CC2)c1F. The van der Waals surface area contributed by atoms with Gasteiger partial charge < -0.3 is 14.2 Å². The second-order valence-electron chi connectivity index (χ2n) is 7.46. The Labute approximate surface area is 183 Å². The molecular formula is C23H20FN3O3S. The third-order valence-electron chi connectivity index (χ3n) is 5.02. The van der Waals surface area contributed by atoms with Crippen molar-refractivity contribution in [1.29, 1.82) is 0 Å². The van der Waals surface area contributed by atoms with Crippen LogP contribution >= 0.6 is 11.9 Å². The van der Waals surface area contributed by atoms with Gasteiger partial charge in [-0.25, -0.2) is 14.2 Å². The van der Waals surface area contributed by atoms with Crippen molar-refractivity contribution in [3.8, 4) is 17.4 Å². The fraction of sp³-hybridized carbons (Fsp3) is 0.217. The van der Waals surface area contributed by atoms with Gasteiger partial charge in [0, 0.05) is 34.7 Å². The number of amides is 1. The summed E-state index contributed by atoms with van der Waals surface area (Å²) >= 11 is 1.55. The number of carbonyl (C=O) groups excluding carboxylic acids is 1. The van der Waals surface area contributed by atoms with Crippen LogP contribution in [0.1, 0.15) is 24.0 Å². The second kappa shape index (κ2) is 8.47. The Morgan fingerprint density at radius 1 is 1.19 bits per heavy atom. The average Bonchev–Trinajstić information content (AvgIpc) is 3.60. The molecule has 158 valence electrons. The van der Waals surface area contributed by atoms with Crippen LogP contribution < -0.4 is 14.2 Å². The molecule has 0 spiro atoms. The highest BCUT2D eigenvalue weighted by molar-refractivity contribution is 8.01. The molecule has 0 saturated heterocycles. The van der Waals surface area contributed by atoms with Crippen LogP contribution in [0.25, 0.3) is 0 Å². The van der Waals surface area contributed by atoms with Crippen molar-refractivity contribution in [2.75, 3.05) is 4.72 Å². The molecule has 2 heterocycles. The zero-order chi connectivity index (χ0) is 21.2. The minimum Gasteiger partial charge on any atom is -0.439 e. The summed E-state index contributed by atoms with van der Waals surface area (Å²) in [6.45, 7) is 0.450. The van der Waals surface area contributed by atoms with E-state index in [9.17, 15) is 9.18 Å². The van der Waals surface area contributed by atoms with Crippen LogP contribution in [0.4, 0.5) is 14.9 Å². The van der Waals surface area contributed by atoms with E-state index >= 15 is 0 Å². The number of hydrogen-bond donors (Lipinski definition) is 1. The first-order valence-corrected chi connectivity index (χ1v) is 10.9. The summed E-state index contributed by atoms with van der Waals surface area (Å²) in [5.74, 6) is 1.08. The van der Waals surface area contributed by atoms with E-state index in [1.807, 2.05) is 12.1 Å². The number of nitrogens with one attached hydrogen (secondary N) is 1. The summed E-state index contributed by atoms with van der Waals surface area (Å²) in [7, 11) is 0. The molecule has 0 atom stereocenters. The fourth-order valence-corrected chi connectivity index (χ4v) is 4.04. The van der Waals surface area contributed by atoms with E-state index in [1.54, 1.807) is 60.6 Å². The van der Waals surface area contributed by atoms with Crippen molar-refractivity contribution in [3.63, 3.8) is 0 Å². The van der Waals surface area contributed by atoms with Crippen LogP contribution in [0.5, 0.6) is 17.4 Å². The molecular weight excluding hydrogens is 417 g/mol. The molecule has 1 N–H and O–H groups in total. The number of benzene rings is 2. The van der Waals surface area contributed by atoms with Crippen LogP contribution in [0.15, 0.2) is 60.8 Å². The number of anilines is 1. The Kier molecular flexibility index (Phi) is 5.38. The van der Waals surface area contributed by atoms with Gasteiger partial charge in [-0.1, -0.05) is 18.2 Å². The molecule has 1 aliphatic heterocycles. The van der Waals surface area contributed by atoms with Gasteiger partial charge in [0.2, 0.25) is 5.88 Å². The lowest BCUT2D eigenvalue weighted by Crippen LogP contribution is -2.36. The van der Waals surface area contributed by atoms with E-state index in [0.717, 1.165) is 18.4 Å². The van der Waals surface area contributed by atoms with Gasteiger partial charge in [-0.05, 0) is 49.1 Å². The highest BCUT2D eigenvalue weighted by Crippen LogP contribution is 2.36. The number of fused-ring (bicyclic) bond motifs is 1. The standard InChI is InChI=1S/C23H20FN3O3S/c24-22-16(4-3-5-19(22)26-31-18-9-10-18)14-27-13-15-7-8-17(12-20(15)30-23(27)28)29-21-6-1-2-11-25-21/h1-8,11-12,18,26H,9-10,13-14H2. The third kappa shape index (κ3) is 4.59. The maximum atomic E-state index is 14.9. The molecule has 1 saturated carbocycles. The molecule has 3 aromatic rings. The van der Waals surface area contributed by atoms with Crippen molar-refractivity contribution in [2.45, 2.75) is 31.2 Å². The molecule has 1 aliphatic carbocycles. The molecule has 2 aliphatic rings. The Bertz CT molecular complexity index is 1110. The van der Waals surface area contributed by atoms with Crippen LogP contribution in [0.3, 0.4) is 0 Å². The number of rotatable bonds is 7. The van der Waals surface area contributed by atoms with E-state index in [1.165, 1.54) is 4.90 Å². The van der Waals surface area contributed by atoms with E-state index in [2.05, 4.69) is 9.71 Å². The number of carbonyl (C=O) groups is 1. The van der Waals surface area contributed by atoms with Gasteiger partial charge in [0.1, 0.15) is 11.5 Å². The molecule has 31 heavy (non-hydrogen) atoms. The number of hydrogen-bond acceptors (Lipinski definition) is 6. The van der Waals surface area contributed by atoms with Gasteiger partial charge in [0.25, 0.3) is 0 Å². The molecule has 5 rings (SSSR count). The summed E-state index contributed by atoms with van der Waals surface area (Å²) in [5.41, 5.74) is 1.71. The van der Waals surface area contributed by atoms with Crippen molar-refractivity contribution < 1.29 is 18.7 Å². The van der Waals surface area contributed by atoms with Gasteiger partial charge in [0.15, 0.2) is 5.82 Å². The minimum atomic E-state index is -0.521. The second-order valence-corrected chi connectivity index (χ2v) is 8.57. The molecule has 1 aromatic heterocycles. The molecule has 6 nitrogen and oxygen atoms in total. The third-order valence-corrected chi connectivity index (χ3v) is 6.16. The number of ether oxygens (including phenoxy) is 2. The van der Waals surface area contributed by atoms with Gasteiger partial charge in [0.05, 0.1) is 18.8 Å². The van der Waals surface area contributed by atoms with Gasteiger partial charge in [-0.2, -0.15) is 0 Å². The lowest BCUT2D eigenvalue weighted by molar-refractivity contribution is 0.134. The fourth-order valence-electron chi connectivity index (χ4n) is 3.22. The number of halogens is 1. The quantitative estimate of drug-likeness (QED) is 0.475. The lowest BCUT2D eigenvalue weighted by Gasteiger charge is -2.28. The molecule has 1 fully saturated rings. The summed E-state index contributed by atoms with van der Waals surface area (Å²) < 4.78 is 29.2. The summed E-state index contributed by atoms with van der Waals surface area (Å²) in [5, 5.41) is 0.558. The lowest BCUT2D eigenvalue weighted by atomic mass is 10.1. The predicted octanol–water partition coefficient (Wildman–Crippen LogP) is 5.75. The zero-order valence-corrected chi connectivity index (χ0v) is 17.4. The molecule has 0 bridgehead atoms. The molecule has 0 radical (unpaired) electrons. The van der Waals surface area contributed by atoms with Gasteiger partial charge >= 0.3 is 6.09 Å². The number of nitrogens with zero attached hydrogens (tertiary/aromatic N) is 2. The smallest absolute Gasteiger partial charge is 0.415 e. The Hall–Kier alpha value is -3.26. The van der Waals surface area contributed by atoms with E-state index in [4.69, 9.17) is 9.47 Å². The first kappa shape index (κ1) is 19.7. The number of aromatic nitrogens is 1. The number of pyridine rings is 1. The first-order valence-electron chi connectivity index (χ1n) is 10.0. The topological polar surface area (TPSA) is 63.7 Å². The highest BCUT2D eigenvalue weighted by atomic mass is 32.2. The summed E-state index contributed by atoms with van der Waals surface area (Å²) in [6, 6.07) is 15.9. The van der Waals surface area contributed by atoms with E-state index in [0.29, 0.717) is 40.4 Å². The minimum absolute atomic E-state index is 0.125. The van der Waals surface area contributed by atoms with Gasteiger partial charge in [-0.15, -0.1) is 0 Å². The predicted molar refractivity (Wildman–Crippen MR) is 117 cm³/mol. The van der Waals surface area contributed by atoms with Crippen molar-refractivity contribution in [2.24, 2.45) is 0 Å². The zero-order valence-electron chi connectivity index (χ0n) is 16.6. The molecule has 8 heteroatoms. The molecule has 2 aromatic carbocycles. The normalized spacial score (nSPS) is 15.3. The van der Waals surface area contributed by atoms with Crippen LogP contribution in [0.2, 0.25) is 0 Å². The monoisotopic (exact) mass is 437 g/mol. The summed E-state index contributed by atoms with van der Waals surface area (Å²) in [4.78, 5) is 18.2. The van der Waals surface area contributed by atoms with Crippen molar-refractivity contribution in [1.82, 2.24) is 9.88 Å². The van der Waals surface area contributed by atoms with Crippen LogP contribution in [-0.4, -0.2) is 21.2 Å². The van der Waals surface area contributed by atoms with Gasteiger partial charge in [-0.3, -0.25) is 4.90 Å². The Balaban J connectivity index is 1.29. The highest BCUT2D eigenvalue weighted by Gasteiger charge is 2.27. The van der Waals surface area contributed by atoms with Crippen molar-refractivity contribution >= 4 is 23.7 Å². The van der Waals surface area contributed by atoms with Crippen LogP contribution in [-0.2, 0) is 13.1 Å². The largest absolute Gasteiger partial charge is 0.439 e. The first-order chi connectivity index (χ1) is 15.2. The Morgan fingerprint density at radius 3 is 2.90 bits per heavy atom. The maximum Gasteiger partial charge on any atom is 0.415 e. The maximum absolute atomic E-state index is 14.9. The van der Waals surface area contributed by atoms with E-state index < -0.39 is 6.09 Å². The van der Waals surface area contributed by atoms with Crippen molar-refractivity contribution in [3.05, 3.63) is 77.7 Å².